The number of unbranched alkanes of at least 4 members (excludes halogenated alkanes) is 4. The summed E-state index contributed by atoms with van der Waals surface area (Å²) in [7, 11) is 0. The van der Waals surface area contributed by atoms with E-state index < -0.39 is 0 Å². The molecule has 3 N–H and O–H groups in total. The molecular weight excluding hydrogens is 232 g/mol. The zero-order valence-corrected chi connectivity index (χ0v) is 10.4. The van der Waals surface area contributed by atoms with Gasteiger partial charge in [0.05, 0.1) is 0 Å². The molecule has 0 aliphatic carbocycles. The van der Waals surface area contributed by atoms with Gasteiger partial charge < -0.3 is 5.32 Å². The molecule has 0 bridgehead atoms. The normalized spacial score (nSPS) is 9.73. The number of nitrogens with one attached hydrogen (secondary N) is 2. The van der Waals surface area contributed by atoms with E-state index >= 15 is 0 Å². The van der Waals surface area contributed by atoms with Crippen LogP contribution in [-0.2, 0) is 4.79 Å². The molecule has 1 amide bonds. The van der Waals surface area contributed by atoms with Crippen molar-refractivity contribution >= 4 is 35.1 Å². The largest absolute Gasteiger partial charge is 0.371 e. The number of carbonyl (C=O) groups is 1. The molecule has 0 aromatic rings. The van der Waals surface area contributed by atoms with Crippen molar-refractivity contribution in [3.8, 4) is 0 Å². The van der Waals surface area contributed by atoms with Crippen molar-refractivity contribution in [2.75, 3.05) is 6.54 Å². The molecule has 0 heterocycles. The molecule has 15 heavy (non-hydrogen) atoms. The second-order valence-electron chi connectivity index (χ2n) is 3.28. The van der Waals surface area contributed by atoms with E-state index in [1.807, 2.05) is 0 Å². The Labute approximate surface area is 101 Å². The summed E-state index contributed by atoms with van der Waals surface area (Å²) in [4.78, 5) is 10.6. The maximum Gasteiger partial charge on any atom is 0.243 e. The zero-order chi connectivity index (χ0) is 11.5. The number of hydroxylamine groups is 1. The highest BCUT2D eigenvalue weighted by Crippen LogP contribution is 2.04. The smallest absolute Gasteiger partial charge is 0.243 e. The highest BCUT2D eigenvalue weighted by Gasteiger charge is 1.97. The molecule has 0 aliphatic heterocycles. The van der Waals surface area contributed by atoms with E-state index in [9.17, 15) is 4.79 Å². The van der Waals surface area contributed by atoms with Crippen molar-refractivity contribution in [3.05, 3.63) is 0 Å². The van der Waals surface area contributed by atoms with E-state index in [-0.39, 0.29) is 5.91 Å². The lowest BCUT2D eigenvalue weighted by Crippen LogP contribution is -2.18. The molecule has 0 saturated carbocycles. The fourth-order valence-corrected chi connectivity index (χ4v) is 1.41. The molecule has 0 saturated heterocycles. The lowest BCUT2D eigenvalue weighted by Gasteiger charge is -2.03. The van der Waals surface area contributed by atoms with Crippen molar-refractivity contribution in [2.45, 2.75) is 38.5 Å². The van der Waals surface area contributed by atoms with Gasteiger partial charge in [-0.2, -0.15) is 0 Å². The molecule has 0 aliphatic rings. The maximum absolute atomic E-state index is 10.6. The number of rotatable bonds is 8. The van der Waals surface area contributed by atoms with Crippen LogP contribution in [0.25, 0.3) is 0 Å². The first-order valence-electron chi connectivity index (χ1n) is 5.06. The van der Waals surface area contributed by atoms with Gasteiger partial charge in [0.2, 0.25) is 5.91 Å². The summed E-state index contributed by atoms with van der Waals surface area (Å²) >= 11 is 8.68. The summed E-state index contributed by atoms with van der Waals surface area (Å²) in [6.45, 7) is 0.861. The van der Waals surface area contributed by atoms with Gasteiger partial charge in [0.25, 0.3) is 0 Å². The predicted molar refractivity (Wildman–Crippen MR) is 67.2 cm³/mol. The Balaban J connectivity index is 3.05. The van der Waals surface area contributed by atoms with Crippen molar-refractivity contribution < 1.29 is 10.0 Å². The first-order chi connectivity index (χ1) is 7.16. The van der Waals surface area contributed by atoms with Gasteiger partial charge in [-0.15, -0.1) is 12.6 Å². The Hall–Kier alpha value is -0.330. The van der Waals surface area contributed by atoms with Crippen molar-refractivity contribution in [3.63, 3.8) is 0 Å². The predicted octanol–water partition coefficient (Wildman–Crippen LogP) is 1.64. The second kappa shape index (κ2) is 10.2. The first kappa shape index (κ1) is 14.7. The van der Waals surface area contributed by atoms with Crippen molar-refractivity contribution in [2.24, 2.45) is 0 Å². The number of amides is 1. The van der Waals surface area contributed by atoms with Crippen LogP contribution in [0.1, 0.15) is 38.5 Å². The van der Waals surface area contributed by atoms with Crippen LogP contribution in [0.15, 0.2) is 0 Å². The Morgan fingerprint density at radius 2 is 1.80 bits per heavy atom. The third kappa shape index (κ3) is 11.6. The molecule has 0 atom stereocenters. The van der Waals surface area contributed by atoms with Gasteiger partial charge in [-0.05, 0) is 12.8 Å². The van der Waals surface area contributed by atoms with Gasteiger partial charge >= 0.3 is 0 Å². The lowest BCUT2D eigenvalue weighted by molar-refractivity contribution is -0.129. The highest BCUT2D eigenvalue weighted by molar-refractivity contribution is 8.11. The molecule has 0 aromatic carbocycles. The molecule has 88 valence electrons. The van der Waals surface area contributed by atoms with Gasteiger partial charge in [0, 0.05) is 13.0 Å². The molecule has 0 unspecified atom stereocenters. The van der Waals surface area contributed by atoms with Gasteiger partial charge in [-0.25, -0.2) is 5.48 Å². The van der Waals surface area contributed by atoms with E-state index in [4.69, 9.17) is 17.4 Å². The molecular formula is C9H18N2O2S2. The van der Waals surface area contributed by atoms with Crippen LogP contribution in [-0.4, -0.2) is 22.0 Å². The van der Waals surface area contributed by atoms with Crippen LogP contribution in [0.2, 0.25) is 0 Å². The van der Waals surface area contributed by atoms with Crippen LogP contribution < -0.4 is 10.8 Å². The fraction of sp³-hybridized carbons (Fsp3) is 0.778. The van der Waals surface area contributed by atoms with Crippen LogP contribution in [0.4, 0.5) is 0 Å². The lowest BCUT2D eigenvalue weighted by atomic mass is 10.1. The summed E-state index contributed by atoms with van der Waals surface area (Å²) in [5, 5.41) is 11.2. The maximum atomic E-state index is 10.6. The number of thiocarbonyl (C=S) groups is 1. The molecule has 4 nitrogen and oxygen atoms in total. The topological polar surface area (TPSA) is 61.4 Å². The SMILES string of the molecule is O=C(CCCCCCCNC(=S)S)NO. The fourth-order valence-electron chi connectivity index (χ4n) is 1.19. The van der Waals surface area contributed by atoms with Gasteiger partial charge in [-0.3, -0.25) is 10.0 Å². The van der Waals surface area contributed by atoms with E-state index in [0.717, 1.165) is 38.6 Å². The summed E-state index contributed by atoms with van der Waals surface area (Å²) in [6, 6.07) is 0. The monoisotopic (exact) mass is 250 g/mol. The minimum absolute atomic E-state index is 0.308. The van der Waals surface area contributed by atoms with Crippen LogP contribution in [0, 0.1) is 0 Å². The third-order valence-corrected chi connectivity index (χ3v) is 2.28. The van der Waals surface area contributed by atoms with Crippen LogP contribution in [0.5, 0.6) is 0 Å². The summed E-state index contributed by atoms with van der Waals surface area (Å²) < 4.78 is 0.537. The molecule has 0 aromatic heterocycles. The highest BCUT2D eigenvalue weighted by atomic mass is 32.1. The third-order valence-electron chi connectivity index (χ3n) is 1.98. The Morgan fingerprint density at radius 3 is 2.40 bits per heavy atom. The van der Waals surface area contributed by atoms with Crippen LogP contribution >= 0.6 is 24.8 Å². The summed E-state index contributed by atoms with van der Waals surface area (Å²) in [6.07, 6.45) is 5.51. The van der Waals surface area contributed by atoms with E-state index in [2.05, 4.69) is 17.9 Å². The Bertz CT molecular complexity index is 201. The average molecular weight is 250 g/mol. The number of carbonyl (C=O) groups excluding carboxylic acids is 1. The van der Waals surface area contributed by atoms with Crippen LogP contribution in [0.3, 0.4) is 0 Å². The second-order valence-corrected chi connectivity index (χ2v) is 4.44. The molecule has 0 rings (SSSR count). The van der Waals surface area contributed by atoms with Crippen molar-refractivity contribution in [1.82, 2.24) is 10.8 Å². The number of thiol groups is 1. The zero-order valence-electron chi connectivity index (χ0n) is 8.66. The molecule has 0 spiro atoms. The van der Waals surface area contributed by atoms with E-state index in [1.165, 1.54) is 0 Å². The molecule has 0 radical (unpaired) electrons. The van der Waals surface area contributed by atoms with Gasteiger partial charge in [-0.1, -0.05) is 31.5 Å². The average Bonchev–Trinajstić information content (AvgIpc) is 2.21. The number of hydrogen-bond acceptors (Lipinski definition) is 3. The summed E-state index contributed by atoms with van der Waals surface area (Å²) in [5.74, 6) is -0.308. The number of hydrogen-bond donors (Lipinski definition) is 4. The summed E-state index contributed by atoms with van der Waals surface area (Å²) in [5.41, 5.74) is 1.62. The van der Waals surface area contributed by atoms with E-state index in [0.29, 0.717) is 10.7 Å². The Kier molecular flexibility index (Phi) is 9.97. The first-order valence-corrected chi connectivity index (χ1v) is 5.92. The Morgan fingerprint density at radius 1 is 1.20 bits per heavy atom. The van der Waals surface area contributed by atoms with Gasteiger partial charge in [0.1, 0.15) is 4.32 Å². The quantitative estimate of drug-likeness (QED) is 0.174. The minimum Gasteiger partial charge on any atom is -0.371 e. The van der Waals surface area contributed by atoms with Crippen molar-refractivity contribution in [1.29, 1.82) is 0 Å². The van der Waals surface area contributed by atoms with Gasteiger partial charge in [0.15, 0.2) is 0 Å². The molecule has 0 fully saturated rings. The van der Waals surface area contributed by atoms with E-state index in [1.54, 1.807) is 5.48 Å². The minimum atomic E-state index is -0.308. The standard InChI is InChI=1S/C9H18N2O2S2/c12-8(11-13)6-4-2-1-3-5-7-10-9(14)15/h13H,1-7H2,(H,11,12)(H2,10,14,15). The molecule has 6 heteroatoms.